The number of amides is 2. The fourth-order valence-electron chi connectivity index (χ4n) is 5.48. The number of primary amides is 1. The van der Waals surface area contributed by atoms with Gasteiger partial charge in [0.25, 0.3) is 5.91 Å². The Bertz CT molecular complexity index is 1410. The Hall–Kier alpha value is -3.44. The number of Topliss-reactive ketones (excluding diaryl/α,β-unsaturated/α-hetero) is 2. The van der Waals surface area contributed by atoms with E-state index in [2.05, 4.69) is 0 Å². The first-order chi connectivity index (χ1) is 17.6. The van der Waals surface area contributed by atoms with Crippen LogP contribution in [0.25, 0.3) is 0 Å². The summed E-state index contributed by atoms with van der Waals surface area (Å²) in [6.07, 6.45) is 1.14. The largest absolute Gasteiger partial charge is 0.366 e. The molecule has 194 valence electrons. The van der Waals surface area contributed by atoms with E-state index in [-0.39, 0.29) is 72.4 Å². The van der Waals surface area contributed by atoms with E-state index in [9.17, 15) is 27.6 Å². The number of hydrogen-bond acceptors (Lipinski definition) is 6. The lowest BCUT2D eigenvalue weighted by Crippen LogP contribution is -2.44. The summed E-state index contributed by atoms with van der Waals surface area (Å²) in [5.41, 5.74) is 6.72. The lowest BCUT2D eigenvalue weighted by molar-refractivity contribution is -0.133. The number of rotatable bonds is 5. The first-order valence-corrected chi connectivity index (χ1v) is 13.6. The summed E-state index contributed by atoms with van der Waals surface area (Å²) in [5, 5.41) is 0. The van der Waals surface area contributed by atoms with Crippen LogP contribution in [0.15, 0.2) is 41.3 Å². The minimum Gasteiger partial charge on any atom is -0.366 e. The van der Waals surface area contributed by atoms with Gasteiger partial charge in [0.15, 0.2) is 5.78 Å². The van der Waals surface area contributed by atoms with E-state index in [0.717, 1.165) is 0 Å². The zero-order valence-electron chi connectivity index (χ0n) is 20.0. The van der Waals surface area contributed by atoms with Gasteiger partial charge in [0.2, 0.25) is 15.9 Å². The Morgan fingerprint density at radius 2 is 1.68 bits per heavy atom. The topological polar surface area (TPSA) is 135 Å². The molecular weight excluding hydrogens is 501 g/mol. The lowest BCUT2D eigenvalue weighted by Gasteiger charge is -2.31. The normalized spacial score (nSPS) is 21.4. The number of ketones is 2. The van der Waals surface area contributed by atoms with E-state index < -0.39 is 33.7 Å². The van der Waals surface area contributed by atoms with Crippen LogP contribution in [0.5, 0.6) is 0 Å². The highest BCUT2D eigenvalue weighted by Gasteiger charge is 2.40. The van der Waals surface area contributed by atoms with Gasteiger partial charge in [-0.25, -0.2) is 12.8 Å². The average molecular weight is 528 g/mol. The fourth-order valence-corrected chi connectivity index (χ4v) is 6.95. The zero-order chi connectivity index (χ0) is 26.5. The summed E-state index contributed by atoms with van der Waals surface area (Å²) in [6, 6.07) is 7.63. The molecule has 3 aliphatic rings. The number of carbonyl (C=O) groups excluding carboxylic acids is 4. The van der Waals surface area contributed by atoms with E-state index >= 15 is 4.39 Å². The number of carbonyl (C=O) groups is 4. The van der Waals surface area contributed by atoms with Gasteiger partial charge in [-0.05, 0) is 66.6 Å². The van der Waals surface area contributed by atoms with E-state index in [1.54, 1.807) is 6.07 Å². The van der Waals surface area contributed by atoms with Crippen LogP contribution in [-0.2, 0) is 26.2 Å². The van der Waals surface area contributed by atoms with Crippen LogP contribution < -0.4 is 5.73 Å². The molecule has 0 spiro atoms. The number of nitrogens with zero attached hydrogens (tertiary/aromatic N) is 2. The monoisotopic (exact) mass is 527 g/mol. The molecule has 1 unspecified atom stereocenters. The molecule has 2 aliphatic heterocycles. The van der Waals surface area contributed by atoms with Gasteiger partial charge in [0.05, 0.1) is 17.4 Å². The van der Waals surface area contributed by atoms with Gasteiger partial charge in [-0.2, -0.15) is 4.31 Å². The van der Waals surface area contributed by atoms with Crippen molar-refractivity contribution in [1.29, 1.82) is 0 Å². The molecule has 11 heteroatoms. The molecule has 0 bridgehead atoms. The first-order valence-electron chi connectivity index (χ1n) is 12.1. The predicted molar refractivity (Wildman–Crippen MR) is 130 cm³/mol. The van der Waals surface area contributed by atoms with Crippen LogP contribution in [0.1, 0.15) is 69.9 Å². The molecule has 2 heterocycles. The number of hydrogen-bond donors (Lipinski definition) is 1. The molecule has 0 aromatic heterocycles. The third-order valence-electron chi connectivity index (χ3n) is 7.54. The summed E-state index contributed by atoms with van der Waals surface area (Å²) < 4.78 is 42.6. The number of nitrogens with two attached hydrogens (primary N) is 1. The Balaban J connectivity index is 1.29. The van der Waals surface area contributed by atoms with E-state index in [1.807, 2.05) is 0 Å². The zero-order valence-corrected chi connectivity index (χ0v) is 20.8. The summed E-state index contributed by atoms with van der Waals surface area (Å²) in [7, 11) is -3.79. The molecule has 0 radical (unpaired) electrons. The first kappa shape index (κ1) is 25.2. The maximum atomic E-state index is 15.1. The van der Waals surface area contributed by atoms with Crippen LogP contribution >= 0.6 is 0 Å². The molecule has 5 rings (SSSR count). The second-order valence-corrected chi connectivity index (χ2v) is 11.7. The van der Waals surface area contributed by atoms with Gasteiger partial charge >= 0.3 is 0 Å². The van der Waals surface area contributed by atoms with Gasteiger partial charge in [0, 0.05) is 37.2 Å². The van der Waals surface area contributed by atoms with Crippen LogP contribution in [-0.4, -0.2) is 60.1 Å². The summed E-state index contributed by atoms with van der Waals surface area (Å²) in [5.74, 6) is -2.22. The van der Waals surface area contributed by atoms with Crippen molar-refractivity contribution in [3.8, 4) is 0 Å². The van der Waals surface area contributed by atoms with Crippen molar-refractivity contribution >= 4 is 33.4 Å². The molecule has 2 amide bonds. The molecule has 1 saturated heterocycles. The summed E-state index contributed by atoms with van der Waals surface area (Å²) in [4.78, 5) is 49.6. The molecule has 2 N–H and O–H groups in total. The van der Waals surface area contributed by atoms with Crippen molar-refractivity contribution in [2.75, 3.05) is 13.1 Å². The molecule has 2 aromatic rings. The van der Waals surface area contributed by atoms with Gasteiger partial charge in [-0.3, -0.25) is 19.2 Å². The van der Waals surface area contributed by atoms with Crippen LogP contribution in [0, 0.1) is 5.82 Å². The highest BCUT2D eigenvalue weighted by molar-refractivity contribution is 7.89. The third-order valence-corrected chi connectivity index (χ3v) is 9.45. The smallest absolute Gasteiger partial charge is 0.255 e. The Morgan fingerprint density at radius 3 is 2.30 bits per heavy atom. The molecule has 1 atom stereocenters. The van der Waals surface area contributed by atoms with Crippen molar-refractivity contribution in [3.63, 3.8) is 0 Å². The van der Waals surface area contributed by atoms with Gasteiger partial charge in [-0.1, -0.05) is 6.07 Å². The van der Waals surface area contributed by atoms with Crippen molar-refractivity contribution in [2.24, 2.45) is 5.73 Å². The number of sulfonamides is 1. The maximum absolute atomic E-state index is 15.1. The highest BCUT2D eigenvalue weighted by atomic mass is 32.2. The van der Waals surface area contributed by atoms with Crippen molar-refractivity contribution in [1.82, 2.24) is 9.21 Å². The lowest BCUT2D eigenvalue weighted by atomic mass is 9.88. The predicted octanol–water partition coefficient (Wildman–Crippen LogP) is 2.14. The standard InChI is InChI=1S/C26H26FN3O6S/c27-22-13-21-17(14-30(26(21)34)23-6-3-18(31)12-24(23)32)11-20(22)15-7-9-29(10-8-15)37(35,36)19-4-1-16(2-5-19)25(28)33/h1-2,4-5,11,13,15,23H,3,6-10,12,14H2,(H2,28,33). The Kier molecular flexibility index (Phi) is 6.45. The maximum Gasteiger partial charge on any atom is 0.255 e. The molecule has 1 aliphatic carbocycles. The number of piperidine rings is 1. The third kappa shape index (κ3) is 4.57. The fraction of sp³-hybridized carbons (Fsp3) is 0.385. The van der Waals surface area contributed by atoms with E-state index in [0.29, 0.717) is 24.0 Å². The average Bonchev–Trinajstić information content (AvgIpc) is 3.18. The summed E-state index contributed by atoms with van der Waals surface area (Å²) >= 11 is 0. The number of fused-ring (bicyclic) bond motifs is 1. The number of benzene rings is 2. The molecule has 2 aromatic carbocycles. The molecule has 37 heavy (non-hydrogen) atoms. The molecule has 9 nitrogen and oxygen atoms in total. The molecule has 2 fully saturated rings. The second-order valence-electron chi connectivity index (χ2n) is 9.77. The number of halogens is 1. The van der Waals surface area contributed by atoms with Gasteiger partial charge < -0.3 is 10.6 Å². The van der Waals surface area contributed by atoms with Gasteiger partial charge in [-0.15, -0.1) is 0 Å². The second kappa shape index (κ2) is 9.46. The SMILES string of the molecule is NC(=O)c1ccc(S(=O)(=O)N2CCC(c3cc4c(cc3F)C(=O)N(C3CCC(=O)CC3=O)C4)CC2)cc1. The molecule has 1 saturated carbocycles. The van der Waals surface area contributed by atoms with Crippen molar-refractivity contribution in [3.05, 3.63) is 64.5 Å². The van der Waals surface area contributed by atoms with Crippen LogP contribution in [0.3, 0.4) is 0 Å². The van der Waals surface area contributed by atoms with Crippen molar-refractivity contribution < 1.29 is 32.0 Å². The van der Waals surface area contributed by atoms with Crippen LogP contribution in [0.4, 0.5) is 4.39 Å². The minimum atomic E-state index is -3.79. The minimum absolute atomic E-state index is 0.0530. The summed E-state index contributed by atoms with van der Waals surface area (Å²) in [6.45, 7) is 0.564. The quantitative estimate of drug-likeness (QED) is 0.592. The highest BCUT2D eigenvalue weighted by Crippen LogP contribution is 2.36. The van der Waals surface area contributed by atoms with E-state index in [4.69, 9.17) is 5.73 Å². The van der Waals surface area contributed by atoms with E-state index in [1.165, 1.54) is 39.5 Å². The Morgan fingerprint density at radius 1 is 1.00 bits per heavy atom. The van der Waals surface area contributed by atoms with Crippen LogP contribution in [0.2, 0.25) is 0 Å². The molecular formula is C26H26FN3O6S. The van der Waals surface area contributed by atoms with Crippen molar-refractivity contribution in [2.45, 2.75) is 55.5 Å². The van der Waals surface area contributed by atoms with Gasteiger partial charge in [0.1, 0.15) is 11.6 Å². The Labute approximate surface area is 213 Å².